The van der Waals surface area contributed by atoms with E-state index in [0.717, 1.165) is 5.56 Å². The summed E-state index contributed by atoms with van der Waals surface area (Å²) in [4.78, 5) is 22.5. The van der Waals surface area contributed by atoms with Crippen molar-refractivity contribution in [2.75, 3.05) is 5.32 Å². The van der Waals surface area contributed by atoms with Crippen LogP contribution in [0.3, 0.4) is 0 Å². The predicted octanol–water partition coefficient (Wildman–Crippen LogP) is 3.88. The van der Waals surface area contributed by atoms with Gasteiger partial charge in [0.1, 0.15) is 5.60 Å². The Balaban J connectivity index is 1.87. The first-order valence-corrected chi connectivity index (χ1v) is 8.82. The molecule has 0 unspecified atom stereocenters. The summed E-state index contributed by atoms with van der Waals surface area (Å²) >= 11 is 2.70. The molecule has 7 nitrogen and oxygen atoms in total. The number of hydrogen-bond donors (Lipinski definition) is 2. The van der Waals surface area contributed by atoms with Crippen molar-refractivity contribution in [3.8, 4) is 0 Å². The van der Waals surface area contributed by atoms with E-state index in [-0.39, 0.29) is 5.56 Å². The van der Waals surface area contributed by atoms with E-state index in [0.29, 0.717) is 15.2 Å². The molecule has 0 aliphatic carbocycles. The van der Waals surface area contributed by atoms with E-state index in [1.807, 2.05) is 0 Å². The van der Waals surface area contributed by atoms with Crippen molar-refractivity contribution in [2.45, 2.75) is 36.5 Å². The van der Waals surface area contributed by atoms with Gasteiger partial charge in [-0.15, -0.1) is 10.2 Å². The van der Waals surface area contributed by atoms with Crippen LogP contribution in [0.5, 0.6) is 0 Å². The van der Waals surface area contributed by atoms with Crippen LogP contribution in [0.2, 0.25) is 0 Å². The van der Waals surface area contributed by atoms with Crippen LogP contribution in [0, 0.1) is 0 Å². The summed E-state index contributed by atoms with van der Waals surface area (Å²) in [5.41, 5.74) is 0.652. The Bertz CT molecular complexity index is 723. The number of aromatic nitrogens is 2. The maximum Gasteiger partial charge on any atom is 0.414 e. The fourth-order valence-electron chi connectivity index (χ4n) is 1.60. The molecular weight excluding hydrogens is 350 g/mol. The van der Waals surface area contributed by atoms with Gasteiger partial charge in [0.05, 0.1) is 5.56 Å². The van der Waals surface area contributed by atoms with Crippen LogP contribution in [0.25, 0.3) is 0 Å². The lowest BCUT2D eigenvalue weighted by Gasteiger charge is -2.18. The Morgan fingerprint density at radius 1 is 1.25 bits per heavy atom. The van der Waals surface area contributed by atoms with Crippen molar-refractivity contribution in [1.82, 2.24) is 10.2 Å². The molecule has 9 heteroatoms. The van der Waals surface area contributed by atoms with Crippen LogP contribution in [-0.2, 0) is 10.5 Å². The fourth-order valence-corrected chi connectivity index (χ4v) is 3.29. The van der Waals surface area contributed by atoms with Crippen LogP contribution >= 0.6 is 23.1 Å². The maximum absolute atomic E-state index is 11.7. The summed E-state index contributed by atoms with van der Waals surface area (Å²) in [6.07, 6.45) is -0.570. The molecule has 2 rings (SSSR count). The highest BCUT2D eigenvalue weighted by Gasteiger charge is 2.17. The second-order valence-electron chi connectivity index (χ2n) is 5.79. The number of rotatable bonds is 5. The minimum atomic E-state index is -0.948. The van der Waals surface area contributed by atoms with Crippen LogP contribution in [0.15, 0.2) is 28.6 Å². The molecule has 0 spiro atoms. The average Bonchev–Trinajstić information content (AvgIpc) is 2.91. The first-order chi connectivity index (χ1) is 11.2. The van der Waals surface area contributed by atoms with E-state index in [2.05, 4.69) is 15.5 Å². The topological polar surface area (TPSA) is 101 Å². The highest BCUT2D eigenvalue weighted by Crippen LogP contribution is 2.28. The quantitative estimate of drug-likeness (QED) is 0.611. The van der Waals surface area contributed by atoms with Crippen molar-refractivity contribution >= 4 is 40.3 Å². The molecule has 0 saturated heterocycles. The van der Waals surface area contributed by atoms with Gasteiger partial charge in [-0.25, -0.2) is 9.59 Å². The number of benzene rings is 1. The van der Waals surface area contributed by atoms with E-state index in [1.165, 1.54) is 23.1 Å². The third kappa shape index (κ3) is 5.82. The third-order valence-corrected chi connectivity index (χ3v) is 4.62. The lowest BCUT2D eigenvalue weighted by Crippen LogP contribution is -2.27. The minimum Gasteiger partial charge on any atom is -0.478 e. The second-order valence-corrected chi connectivity index (χ2v) is 7.99. The molecule has 1 aromatic heterocycles. The summed E-state index contributed by atoms with van der Waals surface area (Å²) in [5, 5.41) is 19.7. The second kappa shape index (κ2) is 7.63. The Labute approximate surface area is 147 Å². The molecule has 2 N–H and O–H groups in total. The standard InChI is InChI=1S/C15H17N3O4S2/c1-15(2,3)22-13(21)16-12-17-18-14(24-12)23-8-9-4-6-10(7-5-9)11(19)20/h4-7H,8H2,1-3H3,(H,19,20)(H,16,17,21). The summed E-state index contributed by atoms with van der Waals surface area (Å²) < 4.78 is 5.84. The highest BCUT2D eigenvalue weighted by molar-refractivity contribution is 8.00. The zero-order chi connectivity index (χ0) is 17.7. The molecule has 0 aliphatic rings. The number of carboxylic acids is 1. The van der Waals surface area contributed by atoms with E-state index in [1.54, 1.807) is 45.0 Å². The minimum absolute atomic E-state index is 0.253. The van der Waals surface area contributed by atoms with Crippen LogP contribution in [-0.4, -0.2) is 33.0 Å². The molecule has 0 radical (unpaired) electrons. The van der Waals surface area contributed by atoms with Crippen molar-refractivity contribution < 1.29 is 19.4 Å². The molecule has 1 amide bonds. The Morgan fingerprint density at radius 3 is 2.50 bits per heavy atom. The Kier molecular flexibility index (Phi) is 5.79. The van der Waals surface area contributed by atoms with Gasteiger partial charge in [-0.05, 0) is 38.5 Å². The molecule has 0 atom stereocenters. The number of nitrogens with zero attached hydrogens (tertiary/aromatic N) is 2. The molecule has 128 valence electrons. The number of ether oxygens (including phenoxy) is 1. The highest BCUT2D eigenvalue weighted by atomic mass is 32.2. The van der Waals surface area contributed by atoms with Crippen LogP contribution in [0.1, 0.15) is 36.7 Å². The number of carbonyl (C=O) groups excluding carboxylic acids is 1. The normalized spacial score (nSPS) is 11.1. The number of anilines is 1. The van der Waals surface area contributed by atoms with E-state index < -0.39 is 17.7 Å². The summed E-state index contributed by atoms with van der Waals surface area (Å²) in [7, 11) is 0. The van der Waals surface area contributed by atoms with E-state index >= 15 is 0 Å². The average molecular weight is 367 g/mol. The lowest BCUT2D eigenvalue weighted by molar-refractivity contribution is 0.0634. The number of carbonyl (C=O) groups is 2. The summed E-state index contributed by atoms with van der Waals surface area (Å²) in [5.74, 6) is -0.322. The zero-order valence-electron chi connectivity index (χ0n) is 13.4. The molecule has 0 bridgehead atoms. The van der Waals surface area contributed by atoms with Gasteiger partial charge in [-0.1, -0.05) is 35.2 Å². The monoisotopic (exact) mass is 367 g/mol. The number of nitrogens with one attached hydrogen (secondary N) is 1. The number of carboxylic acid groups (broad SMARTS) is 1. The van der Waals surface area contributed by atoms with Gasteiger partial charge in [0.2, 0.25) is 5.13 Å². The maximum atomic E-state index is 11.7. The van der Waals surface area contributed by atoms with Gasteiger partial charge in [0.15, 0.2) is 4.34 Å². The van der Waals surface area contributed by atoms with Gasteiger partial charge >= 0.3 is 12.1 Å². The molecule has 0 saturated carbocycles. The number of amides is 1. The molecule has 1 aromatic carbocycles. The molecule has 2 aromatic rings. The third-order valence-electron chi connectivity index (χ3n) is 2.58. The Hall–Kier alpha value is -2.13. The van der Waals surface area contributed by atoms with Gasteiger partial charge in [-0.3, -0.25) is 5.32 Å². The van der Waals surface area contributed by atoms with Gasteiger partial charge in [-0.2, -0.15) is 0 Å². The SMILES string of the molecule is CC(C)(C)OC(=O)Nc1nnc(SCc2ccc(C(=O)O)cc2)s1. The van der Waals surface area contributed by atoms with Crippen LogP contribution < -0.4 is 5.32 Å². The lowest BCUT2D eigenvalue weighted by atomic mass is 10.1. The van der Waals surface area contributed by atoms with E-state index in [4.69, 9.17) is 9.84 Å². The number of aromatic carboxylic acids is 1. The zero-order valence-corrected chi connectivity index (χ0v) is 15.0. The van der Waals surface area contributed by atoms with Crippen molar-refractivity contribution in [2.24, 2.45) is 0 Å². The molecule has 0 fully saturated rings. The van der Waals surface area contributed by atoms with Crippen LogP contribution in [0.4, 0.5) is 9.93 Å². The van der Waals surface area contributed by atoms with Gasteiger partial charge in [0.25, 0.3) is 0 Å². The first kappa shape index (κ1) is 18.2. The Morgan fingerprint density at radius 2 is 1.92 bits per heavy atom. The van der Waals surface area contributed by atoms with Crippen molar-refractivity contribution in [3.05, 3.63) is 35.4 Å². The molecule has 0 aliphatic heterocycles. The fraction of sp³-hybridized carbons (Fsp3) is 0.333. The smallest absolute Gasteiger partial charge is 0.414 e. The summed E-state index contributed by atoms with van der Waals surface area (Å²) in [6, 6.07) is 6.65. The first-order valence-electron chi connectivity index (χ1n) is 7.01. The van der Waals surface area contributed by atoms with E-state index in [9.17, 15) is 9.59 Å². The molecule has 1 heterocycles. The number of thioether (sulfide) groups is 1. The van der Waals surface area contributed by atoms with Gasteiger partial charge < -0.3 is 9.84 Å². The van der Waals surface area contributed by atoms with Crippen molar-refractivity contribution in [1.29, 1.82) is 0 Å². The molecular formula is C15H17N3O4S2. The van der Waals surface area contributed by atoms with Gasteiger partial charge in [0, 0.05) is 5.75 Å². The van der Waals surface area contributed by atoms with Crippen molar-refractivity contribution in [3.63, 3.8) is 0 Å². The number of hydrogen-bond acceptors (Lipinski definition) is 7. The molecule has 24 heavy (non-hydrogen) atoms. The largest absolute Gasteiger partial charge is 0.478 e. The summed E-state index contributed by atoms with van der Waals surface area (Å²) in [6.45, 7) is 5.34. The predicted molar refractivity (Wildman–Crippen MR) is 92.7 cm³/mol.